The van der Waals surface area contributed by atoms with Crippen LogP contribution >= 0.6 is 0 Å². The van der Waals surface area contributed by atoms with E-state index in [4.69, 9.17) is 5.73 Å². The van der Waals surface area contributed by atoms with Gasteiger partial charge in [-0.15, -0.1) is 0 Å². The number of amides is 1. The summed E-state index contributed by atoms with van der Waals surface area (Å²) in [4.78, 5) is 21.8. The summed E-state index contributed by atoms with van der Waals surface area (Å²) >= 11 is 0. The highest BCUT2D eigenvalue weighted by molar-refractivity contribution is 5.90. The smallest absolute Gasteiger partial charge is 0.220 e. The monoisotopic (exact) mass is 365 g/mol. The topological polar surface area (TPSA) is 84.1 Å². The number of nitrogens with zero attached hydrogens (tertiary/aromatic N) is 3. The van der Waals surface area contributed by atoms with E-state index < -0.39 is 0 Å². The molecule has 2 heterocycles. The minimum atomic E-state index is -0.368. The third-order valence-corrected chi connectivity index (χ3v) is 5.01. The number of hydrogen-bond donors (Lipinski definition) is 2. The predicted octanol–water partition coefficient (Wildman–Crippen LogP) is 3.21. The van der Waals surface area contributed by atoms with Crippen molar-refractivity contribution in [1.82, 2.24) is 9.97 Å². The molecule has 27 heavy (non-hydrogen) atoms. The van der Waals surface area contributed by atoms with E-state index in [1.54, 1.807) is 12.1 Å². The number of fused-ring (bicyclic) bond motifs is 1. The van der Waals surface area contributed by atoms with Crippen LogP contribution in [0.4, 0.5) is 21.6 Å². The molecule has 0 aliphatic carbocycles. The van der Waals surface area contributed by atoms with Gasteiger partial charge in [-0.3, -0.25) is 4.79 Å². The molecule has 7 heteroatoms. The van der Waals surface area contributed by atoms with Crippen LogP contribution in [0.3, 0.4) is 0 Å². The van der Waals surface area contributed by atoms with Crippen LogP contribution in [0, 0.1) is 11.7 Å². The third kappa shape index (κ3) is 3.53. The molecule has 3 aromatic rings. The Balaban J connectivity index is 1.49. The molecule has 3 N–H and O–H groups in total. The number of anilines is 3. The van der Waals surface area contributed by atoms with Gasteiger partial charge in [0.25, 0.3) is 0 Å². The summed E-state index contributed by atoms with van der Waals surface area (Å²) in [5.74, 6) is -0.0291. The molecule has 1 aliphatic rings. The molecule has 0 unspecified atom stereocenters. The fourth-order valence-electron chi connectivity index (χ4n) is 3.47. The lowest BCUT2D eigenvalue weighted by Gasteiger charge is -2.32. The normalized spacial score (nSPS) is 15.1. The first kappa shape index (κ1) is 17.2. The number of piperidine rings is 1. The molecule has 0 atom stereocenters. The molecule has 0 spiro atoms. The number of halogens is 1. The van der Waals surface area contributed by atoms with Crippen molar-refractivity contribution in [3.05, 3.63) is 54.6 Å². The number of para-hydroxylation sites is 1. The van der Waals surface area contributed by atoms with Gasteiger partial charge in [-0.2, -0.15) is 0 Å². The number of primary amides is 1. The van der Waals surface area contributed by atoms with Crippen LogP contribution in [0.15, 0.2) is 48.8 Å². The van der Waals surface area contributed by atoms with Crippen molar-refractivity contribution >= 4 is 34.0 Å². The number of rotatable bonds is 4. The SMILES string of the molecule is NC(=O)C1CCN(c2ccc(Nc3ncnc4c(F)cccc34)cc2)CC1. The lowest BCUT2D eigenvalue weighted by atomic mass is 9.96. The predicted molar refractivity (Wildman–Crippen MR) is 103 cm³/mol. The number of carbonyl (C=O) groups excluding carboxylic acids is 1. The van der Waals surface area contributed by atoms with E-state index >= 15 is 0 Å². The Morgan fingerprint density at radius 1 is 1.11 bits per heavy atom. The zero-order valence-electron chi connectivity index (χ0n) is 14.7. The first-order valence-corrected chi connectivity index (χ1v) is 8.92. The second kappa shape index (κ2) is 7.19. The average Bonchev–Trinajstić information content (AvgIpc) is 2.69. The lowest BCUT2D eigenvalue weighted by Crippen LogP contribution is -2.38. The Morgan fingerprint density at radius 3 is 2.56 bits per heavy atom. The molecule has 1 amide bonds. The molecule has 0 radical (unpaired) electrons. The third-order valence-electron chi connectivity index (χ3n) is 5.01. The number of nitrogens with two attached hydrogens (primary N) is 1. The minimum absolute atomic E-state index is 0.0198. The largest absolute Gasteiger partial charge is 0.371 e. The lowest BCUT2D eigenvalue weighted by molar-refractivity contribution is -0.122. The number of carbonyl (C=O) groups is 1. The summed E-state index contributed by atoms with van der Waals surface area (Å²) in [5, 5.41) is 3.86. The number of aromatic nitrogens is 2. The van der Waals surface area contributed by atoms with Crippen LogP contribution in [0.5, 0.6) is 0 Å². The van der Waals surface area contributed by atoms with E-state index in [-0.39, 0.29) is 17.6 Å². The fourth-order valence-corrected chi connectivity index (χ4v) is 3.47. The molecule has 4 rings (SSSR count). The second-order valence-corrected chi connectivity index (χ2v) is 6.69. The van der Waals surface area contributed by atoms with Crippen LogP contribution < -0.4 is 16.0 Å². The van der Waals surface area contributed by atoms with Crippen LogP contribution in [0.1, 0.15) is 12.8 Å². The van der Waals surface area contributed by atoms with E-state index in [0.717, 1.165) is 37.3 Å². The summed E-state index contributed by atoms with van der Waals surface area (Å²) in [5.41, 5.74) is 7.64. The molecule has 1 aliphatic heterocycles. The van der Waals surface area contributed by atoms with E-state index in [2.05, 4.69) is 20.2 Å². The van der Waals surface area contributed by atoms with Gasteiger partial charge in [-0.1, -0.05) is 6.07 Å². The van der Waals surface area contributed by atoms with Gasteiger partial charge in [0.2, 0.25) is 5.91 Å². The highest BCUT2D eigenvalue weighted by Gasteiger charge is 2.23. The van der Waals surface area contributed by atoms with Crippen LogP contribution in [0.25, 0.3) is 10.9 Å². The van der Waals surface area contributed by atoms with Gasteiger partial charge in [0.1, 0.15) is 23.5 Å². The molecule has 138 valence electrons. The maximum atomic E-state index is 13.9. The summed E-state index contributed by atoms with van der Waals surface area (Å²) in [6, 6.07) is 12.8. The zero-order chi connectivity index (χ0) is 18.8. The van der Waals surface area contributed by atoms with Crippen LogP contribution in [-0.4, -0.2) is 29.0 Å². The molecular weight excluding hydrogens is 345 g/mol. The first-order chi connectivity index (χ1) is 13.1. The minimum Gasteiger partial charge on any atom is -0.371 e. The van der Waals surface area contributed by atoms with Gasteiger partial charge in [0.15, 0.2) is 0 Å². The highest BCUT2D eigenvalue weighted by atomic mass is 19.1. The summed E-state index contributed by atoms with van der Waals surface area (Å²) < 4.78 is 13.9. The van der Waals surface area contributed by atoms with Crippen molar-refractivity contribution in [3.8, 4) is 0 Å². The Kier molecular flexibility index (Phi) is 4.58. The molecule has 6 nitrogen and oxygen atoms in total. The quantitative estimate of drug-likeness (QED) is 0.742. The van der Waals surface area contributed by atoms with Crippen molar-refractivity contribution in [3.63, 3.8) is 0 Å². The Hall–Kier alpha value is -3.22. The van der Waals surface area contributed by atoms with Gasteiger partial charge < -0.3 is 16.0 Å². The van der Waals surface area contributed by atoms with Crippen molar-refractivity contribution in [2.75, 3.05) is 23.3 Å². The van der Waals surface area contributed by atoms with E-state index in [1.807, 2.05) is 24.3 Å². The summed E-state index contributed by atoms with van der Waals surface area (Å²) in [7, 11) is 0. The van der Waals surface area contributed by atoms with Crippen molar-refractivity contribution in [2.24, 2.45) is 11.7 Å². The summed E-state index contributed by atoms with van der Waals surface area (Å²) in [6.45, 7) is 1.63. The highest BCUT2D eigenvalue weighted by Crippen LogP contribution is 2.27. The van der Waals surface area contributed by atoms with Gasteiger partial charge in [0, 0.05) is 35.8 Å². The van der Waals surface area contributed by atoms with E-state index in [9.17, 15) is 9.18 Å². The van der Waals surface area contributed by atoms with Crippen molar-refractivity contribution in [2.45, 2.75) is 12.8 Å². The standard InChI is InChI=1S/C20H20FN5O/c21-17-3-1-2-16-18(17)23-12-24-20(16)25-14-4-6-15(7-5-14)26-10-8-13(9-11-26)19(22)27/h1-7,12-13H,8-11H2,(H2,22,27)(H,23,24,25). The maximum absolute atomic E-state index is 13.9. The molecule has 1 fully saturated rings. The molecule has 2 aromatic carbocycles. The van der Waals surface area contributed by atoms with Crippen molar-refractivity contribution < 1.29 is 9.18 Å². The van der Waals surface area contributed by atoms with Crippen LogP contribution in [0.2, 0.25) is 0 Å². The summed E-state index contributed by atoms with van der Waals surface area (Å²) in [6.07, 6.45) is 2.92. The Morgan fingerprint density at radius 2 is 1.85 bits per heavy atom. The Bertz CT molecular complexity index is 968. The molecule has 1 aromatic heterocycles. The van der Waals surface area contributed by atoms with Gasteiger partial charge >= 0.3 is 0 Å². The van der Waals surface area contributed by atoms with Crippen LogP contribution in [-0.2, 0) is 4.79 Å². The average molecular weight is 365 g/mol. The molecule has 0 bridgehead atoms. The zero-order valence-corrected chi connectivity index (χ0v) is 14.7. The number of hydrogen-bond acceptors (Lipinski definition) is 5. The first-order valence-electron chi connectivity index (χ1n) is 8.92. The molecule has 1 saturated heterocycles. The van der Waals surface area contributed by atoms with Gasteiger partial charge in [-0.05, 0) is 49.2 Å². The molecular formula is C20H20FN5O. The second-order valence-electron chi connectivity index (χ2n) is 6.69. The fraction of sp³-hybridized carbons (Fsp3) is 0.250. The number of benzene rings is 2. The Labute approximate surface area is 156 Å². The van der Waals surface area contributed by atoms with Gasteiger partial charge in [-0.25, -0.2) is 14.4 Å². The number of nitrogens with one attached hydrogen (secondary N) is 1. The van der Waals surface area contributed by atoms with Crippen molar-refractivity contribution in [1.29, 1.82) is 0 Å². The van der Waals surface area contributed by atoms with E-state index in [1.165, 1.54) is 12.4 Å². The van der Waals surface area contributed by atoms with Gasteiger partial charge in [0.05, 0.1) is 0 Å². The van der Waals surface area contributed by atoms with E-state index in [0.29, 0.717) is 16.7 Å². The maximum Gasteiger partial charge on any atom is 0.220 e. The molecule has 0 saturated carbocycles.